The molecule has 3 rings (SSSR count). The van der Waals surface area contributed by atoms with Crippen molar-refractivity contribution in [3.63, 3.8) is 0 Å². The molecule has 2 heterocycles. The minimum atomic E-state index is -4.59. The molecule has 1 N–H and O–H groups in total. The van der Waals surface area contributed by atoms with Gasteiger partial charge in [-0.3, -0.25) is 14.2 Å². The maximum atomic E-state index is 13.9. The Balaban J connectivity index is 1.60. The zero-order chi connectivity index (χ0) is 22.1. The van der Waals surface area contributed by atoms with Crippen LogP contribution in [-0.2, 0) is 24.1 Å². The van der Waals surface area contributed by atoms with Crippen LogP contribution in [0, 0.1) is 12.7 Å². The summed E-state index contributed by atoms with van der Waals surface area (Å²) < 4.78 is 55.0. The van der Waals surface area contributed by atoms with E-state index in [0.717, 1.165) is 4.68 Å². The molecule has 0 spiro atoms. The second kappa shape index (κ2) is 8.76. The van der Waals surface area contributed by atoms with Crippen LogP contribution in [0.25, 0.3) is 0 Å². The number of amides is 1. The van der Waals surface area contributed by atoms with E-state index in [1.807, 2.05) is 0 Å². The third kappa shape index (κ3) is 5.01. The number of rotatable bonds is 6. The van der Waals surface area contributed by atoms with E-state index in [4.69, 9.17) is 11.6 Å². The lowest BCUT2D eigenvalue weighted by Crippen LogP contribution is -2.16. The van der Waals surface area contributed by atoms with Crippen molar-refractivity contribution in [3.05, 3.63) is 62.7 Å². The molecule has 0 aliphatic heterocycles. The van der Waals surface area contributed by atoms with E-state index in [9.17, 15) is 22.4 Å². The van der Waals surface area contributed by atoms with Crippen LogP contribution in [0.1, 0.15) is 23.4 Å². The number of carbonyl (C=O) groups excluding carboxylic acids is 1. The number of anilines is 1. The number of halogens is 6. The van der Waals surface area contributed by atoms with Crippen LogP contribution in [0.5, 0.6) is 0 Å². The van der Waals surface area contributed by atoms with Gasteiger partial charge in [0.1, 0.15) is 5.82 Å². The molecule has 0 saturated heterocycles. The lowest BCUT2D eigenvalue weighted by atomic mass is 10.2. The molecule has 0 fully saturated rings. The van der Waals surface area contributed by atoms with Crippen LogP contribution in [0.4, 0.5) is 23.4 Å². The monoisotopic (exact) mass is 507 g/mol. The lowest BCUT2D eigenvalue weighted by Gasteiger charge is -2.06. The molecule has 0 aliphatic carbocycles. The highest BCUT2D eigenvalue weighted by Crippen LogP contribution is 2.35. The van der Waals surface area contributed by atoms with Gasteiger partial charge in [0, 0.05) is 29.3 Å². The first-order chi connectivity index (χ1) is 14.1. The number of hydrogen-bond donors (Lipinski definition) is 1. The van der Waals surface area contributed by atoms with Crippen LogP contribution < -0.4 is 5.32 Å². The molecular formula is C18H15BrClF4N5O. The van der Waals surface area contributed by atoms with Crippen molar-refractivity contribution in [3.8, 4) is 0 Å². The van der Waals surface area contributed by atoms with Crippen molar-refractivity contribution in [1.29, 1.82) is 0 Å². The molecular weight excluding hydrogens is 494 g/mol. The number of aryl methyl sites for hydroxylation is 1. The van der Waals surface area contributed by atoms with Crippen molar-refractivity contribution in [2.75, 3.05) is 5.32 Å². The molecule has 12 heteroatoms. The first-order valence-corrected chi connectivity index (χ1v) is 9.79. The van der Waals surface area contributed by atoms with Crippen molar-refractivity contribution in [1.82, 2.24) is 19.6 Å². The van der Waals surface area contributed by atoms with Gasteiger partial charge in [-0.1, -0.05) is 17.7 Å². The number of nitrogens with zero attached hydrogens (tertiary/aromatic N) is 4. The standard InChI is InChI=1S/C18H15BrClF4N5O/c1-10-16(19)17(18(22,23)24)27-29(10)8-6-15(30)25-14-5-7-28(26-14)9-11-12(20)3-2-4-13(11)21/h2-5,7H,6,8-9H2,1H3,(H,25,26,30). The van der Waals surface area contributed by atoms with E-state index in [-0.39, 0.29) is 46.1 Å². The van der Waals surface area contributed by atoms with Gasteiger partial charge in [0.25, 0.3) is 0 Å². The number of carbonyl (C=O) groups is 1. The van der Waals surface area contributed by atoms with Gasteiger partial charge in [-0.25, -0.2) is 4.39 Å². The van der Waals surface area contributed by atoms with E-state index in [1.165, 1.54) is 29.8 Å². The molecule has 3 aromatic rings. The fourth-order valence-corrected chi connectivity index (χ4v) is 3.43. The molecule has 1 amide bonds. The molecule has 30 heavy (non-hydrogen) atoms. The number of nitrogens with one attached hydrogen (secondary N) is 1. The van der Waals surface area contributed by atoms with Gasteiger partial charge in [-0.15, -0.1) is 0 Å². The zero-order valence-corrected chi connectivity index (χ0v) is 17.8. The van der Waals surface area contributed by atoms with Crippen molar-refractivity contribution >= 4 is 39.3 Å². The molecule has 160 valence electrons. The summed E-state index contributed by atoms with van der Waals surface area (Å²) in [5.74, 6) is -0.701. The maximum Gasteiger partial charge on any atom is 0.436 e. The Hall–Kier alpha value is -2.40. The largest absolute Gasteiger partial charge is 0.436 e. The van der Waals surface area contributed by atoms with Crippen molar-refractivity contribution in [2.24, 2.45) is 0 Å². The van der Waals surface area contributed by atoms with Gasteiger partial charge in [0.05, 0.1) is 23.3 Å². The molecule has 0 radical (unpaired) electrons. The van der Waals surface area contributed by atoms with Crippen LogP contribution in [0.15, 0.2) is 34.9 Å². The number of benzene rings is 1. The third-order valence-electron chi connectivity index (χ3n) is 4.24. The van der Waals surface area contributed by atoms with Gasteiger partial charge >= 0.3 is 6.18 Å². The number of hydrogen-bond acceptors (Lipinski definition) is 3. The second-order valence-corrected chi connectivity index (χ2v) is 7.57. The Bertz CT molecular complexity index is 1060. The normalized spacial score (nSPS) is 11.7. The first-order valence-electron chi connectivity index (χ1n) is 8.62. The van der Waals surface area contributed by atoms with Gasteiger partial charge in [-0.2, -0.15) is 23.4 Å². The molecule has 0 atom stereocenters. The molecule has 0 unspecified atom stereocenters. The highest BCUT2D eigenvalue weighted by molar-refractivity contribution is 9.10. The second-order valence-electron chi connectivity index (χ2n) is 6.37. The predicted octanol–water partition coefficient (Wildman–Crippen LogP) is 5.04. The van der Waals surface area contributed by atoms with Crippen LogP contribution >= 0.6 is 27.5 Å². The van der Waals surface area contributed by atoms with E-state index in [2.05, 4.69) is 31.4 Å². The summed E-state index contributed by atoms with van der Waals surface area (Å²) in [5.41, 5.74) is -0.507. The molecule has 2 aromatic heterocycles. The Kier molecular flexibility index (Phi) is 6.51. The third-order valence-corrected chi connectivity index (χ3v) is 5.55. The summed E-state index contributed by atoms with van der Waals surface area (Å²) in [5, 5.41) is 10.5. The summed E-state index contributed by atoms with van der Waals surface area (Å²) in [6.45, 7) is 1.50. The molecule has 1 aromatic carbocycles. The average Bonchev–Trinajstić information content (AvgIpc) is 3.21. The Labute approximate surface area is 181 Å². The fourth-order valence-electron chi connectivity index (χ4n) is 2.70. The van der Waals surface area contributed by atoms with Crippen LogP contribution in [0.2, 0.25) is 5.02 Å². The SMILES string of the molecule is Cc1c(Br)c(C(F)(F)F)nn1CCC(=O)Nc1ccn(Cc2c(F)cccc2Cl)n1. The number of aromatic nitrogens is 4. The minimum absolute atomic E-state index is 0.0438. The zero-order valence-electron chi connectivity index (χ0n) is 15.5. The van der Waals surface area contributed by atoms with Gasteiger partial charge in [-0.05, 0) is 35.0 Å². The van der Waals surface area contributed by atoms with E-state index < -0.39 is 23.6 Å². The molecule has 6 nitrogen and oxygen atoms in total. The minimum Gasteiger partial charge on any atom is -0.309 e. The summed E-state index contributed by atoms with van der Waals surface area (Å²) in [6.07, 6.45) is -3.16. The summed E-state index contributed by atoms with van der Waals surface area (Å²) >= 11 is 8.88. The highest BCUT2D eigenvalue weighted by Gasteiger charge is 2.37. The lowest BCUT2D eigenvalue weighted by molar-refractivity contribution is -0.142. The van der Waals surface area contributed by atoms with Crippen molar-refractivity contribution < 1.29 is 22.4 Å². The van der Waals surface area contributed by atoms with E-state index >= 15 is 0 Å². The smallest absolute Gasteiger partial charge is 0.309 e. The summed E-state index contributed by atoms with van der Waals surface area (Å²) in [6, 6.07) is 5.86. The predicted molar refractivity (Wildman–Crippen MR) is 106 cm³/mol. The Morgan fingerprint density at radius 3 is 2.63 bits per heavy atom. The Morgan fingerprint density at radius 1 is 1.27 bits per heavy atom. The Morgan fingerprint density at radius 2 is 2.00 bits per heavy atom. The molecule has 0 bridgehead atoms. The van der Waals surface area contributed by atoms with Crippen LogP contribution in [-0.4, -0.2) is 25.5 Å². The van der Waals surface area contributed by atoms with Crippen LogP contribution in [0.3, 0.4) is 0 Å². The summed E-state index contributed by atoms with van der Waals surface area (Å²) in [4.78, 5) is 12.1. The first kappa shape index (κ1) is 22.3. The van der Waals surface area contributed by atoms with Gasteiger partial charge < -0.3 is 5.32 Å². The van der Waals surface area contributed by atoms with Crippen molar-refractivity contribution in [2.45, 2.75) is 32.6 Å². The molecule has 0 aliphatic rings. The van der Waals surface area contributed by atoms with E-state index in [1.54, 1.807) is 12.3 Å². The maximum absolute atomic E-state index is 13.9. The average molecular weight is 509 g/mol. The molecule has 0 saturated carbocycles. The topological polar surface area (TPSA) is 64.7 Å². The number of alkyl halides is 3. The summed E-state index contributed by atoms with van der Waals surface area (Å²) in [7, 11) is 0. The van der Waals surface area contributed by atoms with E-state index in [0.29, 0.717) is 0 Å². The highest BCUT2D eigenvalue weighted by atomic mass is 79.9. The van der Waals surface area contributed by atoms with Gasteiger partial charge in [0.15, 0.2) is 11.5 Å². The fraction of sp³-hybridized carbons (Fsp3) is 0.278. The van der Waals surface area contributed by atoms with Gasteiger partial charge in [0.2, 0.25) is 5.91 Å². The quantitative estimate of drug-likeness (QED) is 0.475.